The molecule has 0 radical (unpaired) electrons. The van der Waals surface area contributed by atoms with Crippen LogP contribution >= 0.6 is 0 Å². The molecule has 0 atom stereocenters. The lowest BCUT2D eigenvalue weighted by atomic mass is 10.1. The summed E-state index contributed by atoms with van der Waals surface area (Å²) in [5.41, 5.74) is 1.02. The van der Waals surface area contributed by atoms with Gasteiger partial charge in [0, 0.05) is 0 Å². The van der Waals surface area contributed by atoms with Crippen molar-refractivity contribution in [1.29, 1.82) is 0 Å². The molecular weight excluding hydrogens is 244 g/mol. The number of aryl methyl sites for hydroxylation is 1. The highest BCUT2D eigenvalue weighted by Crippen LogP contribution is 2.27. The molecule has 0 aliphatic rings. The van der Waals surface area contributed by atoms with Crippen LogP contribution in [0.15, 0.2) is 42.5 Å². The van der Waals surface area contributed by atoms with Crippen molar-refractivity contribution in [2.24, 2.45) is 0 Å². The average Bonchev–Trinajstić information content (AvgIpc) is 2.41. The van der Waals surface area contributed by atoms with Crippen LogP contribution in [0.4, 0.5) is 0 Å². The molecule has 0 aliphatic carbocycles. The Morgan fingerprint density at radius 2 is 1.68 bits per heavy atom. The fourth-order valence-corrected chi connectivity index (χ4v) is 1.67. The molecule has 0 saturated heterocycles. The van der Waals surface area contributed by atoms with Gasteiger partial charge >= 0.3 is 5.97 Å². The van der Waals surface area contributed by atoms with Crippen molar-refractivity contribution >= 4 is 5.97 Å². The van der Waals surface area contributed by atoms with Crippen molar-refractivity contribution in [2.45, 2.75) is 6.92 Å². The normalized spacial score (nSPS) is 10.0. The van der Waals surface area contributed by atoms with Gasteiger partial charge < -0.3 is 14.6 Å². The number of hydrogen-bond acceptors (Lipinski definition) is 3. The van der Waals surface area contributed by atoms with Crippen LogP contribution in [0.3, 0.4) is 0 Å². The number of carboxylic acids is 1. The van der Waals surface area contributed by atoms with E-state index < -0.39 is 5.97 Å². The van der Waals surface area contributed by atoms with E-state index in [1.165, 1.54) is 0 Å². The first-order valence-electron chi connectivity index (χ1n) is 5.76. The number of methoxy groups -OCH3 is 1. The largest absolute Gasteiger partial charge is 0.497 e. The second-order valence-corrected chi connectivity index (χ2v) is 4.08. The van der Waals surface area contributed by atoms with Crippen LogP contribution in [-0.2, 0) is 0 Å². The highest BCUT2D eigenvalue weighted by atomic mass is 16.5. The first kappa shape index (κ1) is 13.0. The predicted molar refractivity (Wildman–Crippen MR) is 71.2 cm³/mol. The van der Waals surface area contributed by atoms with Gasteiger partial charge in [0.25, 0.3) is 0 Å². The maximum atomic E-state index is 11.2. The zero-order chi connectivity index (χ0) is 13.8. The van der Waals surface area contributed by atoms with Crippen molar-refractivity contribution < 1.29 is 19.4 Å². The summed E-state index contributed by atoms with van der Waals surface area (Å²) in [6.07, 6.45) is 0. The van der Waals surface area contributed by atoms with Gasteiger partial charge in [0.1, 0.15) is 22.8 Å². The molecular formula is C15H14O4. The van der Waals surface area contributed by atoms with Crippen molar-refractivity contribution in [2.75, 3.05) is 7.11 Å². The van der Waals surface area contributed by atoms with Gasteiger partial charge in [-0.2, -0.15) is 0 Å². The fraction of sp³-hybridized carbons (Fsp3) is 0.133. The maximum absolute atomic E-state index is 11.2. The van der Waals surface area contributed by atoms with E-state index in [2.05, 4.69) is 0 Å². The topological polar surface area (TPSA) is 55.8 Å². The number of rotatable bonds is 4. The summed E-state index contributed by atoms with van der Waals surface area (Å²) in [7, 11) is 1.58. The van der Waals surface area contributed by atoms with Gasteiger partial charge in [0.2, 0.25) is 0 Å². The highest BCUT2D eigenvalue weighted by molar-refractivity contribution is 5.91. The number of benzene rings is 2. The molecule has 0 fully saturated rings. The highest BCUT2D eigenvalue weighted by Gasteiger charge is 2.12. The molecule has 0 aliphatic heterocycles. The molecule has 0 saturated carbocycles. The first-order chi connectivity index (χ1) is 9.10. The molecule has 98 valence electrons. The molecule has 0 heterocycles. The van der Waals surface area contributed by atoms with Crippen molar-refractivity contribution in [3.05, 3.63) is 53.6 Å². The Bertz CT molecular complexity index is 588. The Morgan fingerprint density at radius 3 is 2.26 bits per heavy atom. The summed E-state index contributed by atoms with van der Waals surface area (Å²) in [6.45, 7) is 1.84. The van der Waals surface area contributed by atoms with Crippen molar-refractivity contribution in [1.82, 2.24) is 0 Å². The van der Waals surface area contributed by atoms with Gasteiger partial charge in [-0.3, -0.25) is 0 Å². The number of aromatic carboxylic acids is 1. The van der Waals surface area contributed by atoms with Crippen LogP contribution in [0.1, 0.15) is 15.9 Å². The van der Waals surface area contributed by atoms with Crippen LogP contribution in [-0.4, -0.2) is 18.2 Å². The fourth-order valence-electron chi connectivity index (χ4n) is 1.67. The Labute approximate surface area is 111 Å². The molecule has 1 N–H and O–H groups in total. The van der Waals surface area contributed by atoms with E-state index in [0.717, 1.165) is 11.3 Å². The molecule has 2 aromatic carbocycles. The first-order valence-corrected chi connectivity index (χ1v) is 5.76. The lowest BCUT2D eigenvalue weighted by molar-refractivity contribution is 0.0694. The zero-order valence-electron chi connectivity index (χ0n) is 10.7. The Kier molecular flexibility index (Phi) is 3.71. The summed E-state index contributed by atoms with van der Waals surface area (Å²) in [6, 6.07) is 12.0. The molecule has 0 unspecified atom stereocenters. The second-order valence-electron chi connectivity index (χ2n) is 4.08. The number of hydrogen-bond donors (Lipinski definition) is 1. The molecule has 19 heavy (non-hydrogen) atoms. The van der Waals surface area contributed by atoms with Crippen LogP contribution in [0.5, 0.6) is 17.2 Å². The van der Waals surface area contributed by atoms with E-state index in [4.69, 9.17) is 14.6 Å². The third-order valence-corrected chi connectivity index (χ3v) is 2.65. The van der Waals surface area contributed by atoms with Crippen LogP contribution in [0, 0.1) is 6.92 Å². The van der Waals surface area contributed by atoms with E-state index >= 15 is 0 Å². The summed E-state index contributed by atoms with van der Waals surface area (Å²) >= 11 is 0. The lowest BCUT2D eigenvalue weighted by Gasteiger charge is -2.10. The second kappa shape index (κ2) is 5.44. The zero-order valence-corrected chi connectivity index (χ0v) is 10.7. The molecule has 0 amide bonds. The monoisotopic (exact) mass is 258 g/mol. The minimum absolute atomic E-state index is 0.149. The summed E-state index contributed by atoms with van der Waals surface area (Å²) < 4.78 is 10.6. The number of ether oxygens (including phenoxy) is 2. The quantitative estimate of drug-likeness (QED) is 0.912. The Hall–Kier alpha value is -2.49. The molecule has 4 heteroatoms. The van der Waals surface area contributed by atoms with E-state index in [1.807, 2.05) is 13.0 Å². The third-order valence-electron chi connectivity index (χ3n) is 2.65. The van der Waals surface area contributed by atoms with Crippen molar-refractivity contribution in [3.8, 4) is 17.2 Å². The summed E-state index contributed by atoms with van der Waals surface area (Å²) in [5.74, 6) is 0.595. The van der Waals surface area contributed by atoms with Crippen molar-refractivity contribution in [3.63, 3.8) is 0 Å². The van der Waals surface area contributed by atoms with Crippen LogP contribution < -0.4 is 9.47 Å². The molecule has 2 aromatic rings. The van der Waals surface area contributed by atoms with Gasteiger partial charge in [0.05, 0.1) is 7.11 Å². The molecule has 2 rings (SSSR count). The van der Waals surface area contributed by atoms with E-state index in [0.29, 0.717) is 11.5 Å². The van der Waals surface area contributed by atoms with Gasteiger partial charge in [-0.25, -0.2) is 4.79 Å². The minimum Gasteiger partial charge on any atom is -0.497 e. The van der Waals surface area contributed by atoms with Gasteiger partial charge in [0.15, 0.2) is 0 Å². The summed E-state index contributed by atoms with van der Waals surface area (Å²) in [4.78, 5) is 11.2. The van der Waals surface area contributed by atoms with E-state index in [-0.39, 0.29) is 5.56 Å². The maximum Gasteiger partial charge on any atom is 0.339 e. The smallest absolute Gasteiger partial charge is 0.339 e. The minimum atomic E-state index is -1.01. The average molecular weight is 258 g/mol. The molecule has 0 bridgehead atoms. The molecule has 4 nitrogen and oxygen atoms in total. The van der Waals surface area contributed by atoms with Gasteiger partial charge in [-0.1, -0.05) is 11.6 Å². The van der Waals surface area contributed by atoms with Crippen LogP contribution in [0.2, 0.25) is 0 Å². The number of carboxylic acid groups (broad SMARTS) is 1. The standard InChI is InChI=1S/C15H14O4/c1-10-3-8-14(13(9-10)15(16)17)19-12-6-4-11(18-2)5-7-12/h3-9H,1-2H3,(H,16,17). The van der Waals surface area contributed by atoms with Gasteiger partial charge in [-0.05, 0) is 43.3 Å². The molecule has 0 spiro atoms. The lowest BCUT2D eigenvalue weighted by Crippen LogP contribution is -2.00. The Balaban J connectivity index is 2.29. The predicted octanol–water partition coefficient (Wildman–Crippen LogP) is 3.49. The van der Waals surface area contributed by atoms with E-state index in [9.17, 15) is 4.79 Å². The molecule has 0 aromatic heterocycles. The van der Waals surface area contributed by atoms with Gasteiger partial charge in [-0.15, -0.1) is 0 Å². The number of carbonyl (C=O) groups is 1. The third kappa shape index (κ3) is 3.04. The van der Waals surface area contributed by atoms with Crippen LogP contribution in [0.25, 0.3) is 0 Å². The summed E-state index contributed by atoms with van der Waals surface area (Å²) in [5, 5.41) is 9.15. The van der Waals surface area contributed by atoms with E-state index in [1.54, 1.807) is 43.5 Å². The SMILES string of the molecule is COc1ccc(Oc2ccc(C)cc2C(=O)O)cc1. The Morgan fingerprint density at radius 1 is 1.05 bits per heavy atom.